The SMILES string of the molecule is O=S(=O)(OCC(F)(F)F)c1ccc(Cl)s1. The van der Waals surface area contributed by atoms with Crippen LogP contribution in [0.4, 0.5) is 13.2 Å². The molecule has 9 heteroatoms. The fourth-order valence-electron chi connectivity index (χ4n) is 0.635. The molecule has 15 heavy (non-hydrogen) atoms. The monoisotopic (exact) mass is 280 g/mol. The van der Waals surface area contributed by atoms with Gasteiger partial charge in [0.2, 0.25) is 0 Å². The van der Waals surface area contributed by atoms with E-state index in [0.29, 0.717) is 11.3 Å². The molecule has 0 amide bonds. The molecule has 3 nitrogen and oxygen atoms in total. The first-order valence-electron chi connectivity index (χ1n) is 3.42. The minimum absolute atomic E-state index is 0.157. The van der Waals surface area contributed by atoms with Gasteiger partial charge >= 0.3 is 16.3 Å². The number of alkyl halides is 3. The van der Waals surface area contributed by atoms with Gasteiger partial charge in [-0.1, -0.05) is 11.6 Å². The molecule has 0 aliphatic rings. The number of hydrogen-bond acceptors (Lipinski definition) is 4. The maximum Gasteiger partial charge on any atom is 0.413 e. The van der Waals surface area contributed by atoms with Crippen LogP contribution in [0.5, 0.6) is 0 Å². The van der Waals surface area contributed by atoms with Crippen molar-refractivity contribution in [2.75, 3.05) is 6.61 Å². The van der Waals surface area contributed by atoms with Crippen LogP contribution in [0.3, 0.4) is 0 Å². The van der Waals surface area contributed by atoms with Crippen molar-refractivity contribution in [3.8, 4) is 0 Å². The van der Waals surface area contributed by atoms with Crippen molar-refractivity contribution in [1.82, 2.24) is 0 Å². The van der Waals surface area contributed by atoms with Gasteiger partial charge in [0.1, 0.15) is 4.21 Å². The summed E-state index contributed by atoms with van der Waals surface area (Å²) in [4.78, 5) is 0. The van der Waals surface area contributed by atoms with Crippen molar-refractivity contribution in [2.45, 2.75) is 10.4 Å². The second kappa shape index (κ2) is 4.28. The summed E-state index contributed by atoms with van der Waals surface area (Å²) < 4.78 is 60.9. The molecule has 0 saturated carbocycles. The number of hydrogen-bond donors (Lipinski definition) is 0. The van der Waals surface area contributed by atoms with Gasteiger partial charge in [0, 0.05) is 0 Å². The second-order valence-electron chi connectivity index (χ2n) is 2.39. The van der Waals surface area contributed by atoms with Gasteiger partial charge in [-0.05, 0) is 12.1 Å². The zero-order chi connectivity index (χ0) is 11.7. The molecular weight excluding hydrogens is 277 g/mol. The third kappa shape index (κ3) is 3.98. The quantitative estimate of drug-likeness (QED) is 0.800. The van der Waals surface area contributed by atoms with E-state index in [1.165, 1.54) is 6.07 Å². The molecular formula is C6H4ClF3O3S2. The van der Waals surface area contributed by atoms with Crippen molar-refractivity contribution in [1.29, 1.82) is 0 Å². The summed E-state index contributed by atoms with van der Waals surface area (Å²) in [6.45, 7) is -1.84. The van der Waals surface area contributed by atoms with Gasteiger partial charge in [0.15, 0.2) is 6.61 Å². The third-order valence-corrected chi connectivity index (χ3v) is 4.12. The average Bonchev–Trinajstić information content (AvgIpc) is 2.48. The van der Waals surface area contributed by atoms with Crippen molar-refractivity contribution in [2.24, 2.45) is 0 Å². The normalized spacial score (nSPS) is 13.1. The average molecular weight is 281 g/mol. The molecule has 0 spiro atoms. The van der Waals surface area contributed by atoms with Crippen LogP contribution in [0.15, 0.2) is 16.3 Å². The molecule has 1 heterocycles. The third-order valence-electron chi connectivity index (χ3n) is 1.17. The molecule has 0 fully saturated rings. The Morgan fingerprint density at radius 2 is 2.00 bits per heavy atom. The number of halogens is 4. The van der Waals surface area contributed by atoms with E-state index in [2.05, 4.69) is 4.18 Å². The minimum Gasteiger partial charge on any atom is -0.256 e. The summed E-state index contributed by atoms with van der Waals surface area (Å²) in [6, 6.07) is 2.34. The van der Waals surface area contributed by atoms with Crippen molar-refractivity contribution in [3.05, 3.63) is 16.5 Å². The molecule has 1 aromatic heterocycles. The highest BCUT2D eigenvalue weighted by atomic mass is 35.5. The van der Waals surface area contributed by atoms with Gasteiger partial charge in [-0.25, -0.2) is 0 Å². The second-order valence-corrected chi connectivity index (χ2v) is 5.95. The van der Waals surface area contributed by atoms with Crippen molar-refractivity contribution < 1.29 is 25.8 Å². The summed E-state index contributed by atoms with van der Waals surface area (Å²) in [6.07, 6.45) is -4.69. The maximum absolute atomic E-state index is 11.7. The lowest BCUT2D eigenvalue weighted by molar-refractivity contribution is -0.152. The molecule has 0 radical (unpaired) electrons. The van der Waals surface area contributed by atoms with E-state index < -0.39 is 22.9 Å². The summed E-state index contributed by atoms with van der Waals surface area (Å²) >= 11 is 6.06. The first-order valence-corrected chi connectivity index (χ1v) is 6.02. The molecule has 0 unspecified atom stereocenters. The van der Waals surface area contributed by atoms with Gasteiger partial charge < -0.3 is 0 Å². The van der Waals surface area contributed by atoms with Crippen molar-refractivity contribution >= 4 is 33.1 Å². The van der Waals surface area contributed by atoms with E-state index in [1.807, 2.05) is 0 Å². The minimum atomic E-state index is -4.69. The van der Waals surface area contributed by atoms with E-state index >= 15 is 0 Å². The van der Waals surface area contributed by atoms with Crippen LogP contribution in [0.2, 0.25) is 4.34 Å². The standard InChI is InChI=1S/C6H4ClF3O3S2/c7-4-1-2-5(14-4)15(11,12)13-3-6(8,9)10/h1-2H,3H2. The lowest BCUT2D eigenvalue weighted by Crippen LogP contribution is -2.20. The highest BCUT2D eigenvalue weighted by Crippen LogP contribution is 2.28. The predicted molar refractivity (Wildman–Crippen MR) is 48.5 cm³/mol. The van der Waals surface area contributed by atoms with Gasteiger partial charge in [-0.3, -0.25) is 4.18 Å². The molecule has 0 atom stereocenters. The molecule has 0 aliphatic heterocycles. The first-order chi connectivity index (χ1) is 6.71. The van der Waals surface area contributed by atoms with Gasteiger partial charge in [-0.2, -0.15) is 21.6 Å². The fourth-order valence-corrected chi connectivity index (χ4v) is 3.01. The summed E-state index contributed by atoms with van der Waals surface area (Å²) in [7, 11) is -4.36. The zero-order valence-electron chi connectivity index (χ0n) is 6.91. The Hall–Kier alpha value is -0.310. The van der Waals surface area contributed by atoms with Gasteiger partial charge in [-0.15, -0.1) is 11.3 Å². The Balaban J connectivity index is 2.77. The Morgan fingerprint density at radius 1 is 1.40 bits per heavy atom. The highest BCUT2D eigenvalue weighted by molar-refractivity contribution is 7.89. The zero-order valence-corrected chi connectivity index (χ0v) is 9.30. The molecule has 1 aromatic rings. The molecule has 0 aliphatic carbocycles. The van der Waals surface area contributed by atoms with Gasteiger partial charge in [0.05, 0.1) is 4.34 Å². The van der Waals surface area contributed by atoms with Crippen molar-refractivity contribution in [3.63, 3.8) is 0 Å². The molecule has 0 saturated heterocycles. The Morgan fingerprint density at radius 3 is 2.40 bits per heavy atom. The lowest BCUT2D eigenvalue weighted by Gasteiger charge is -2.06. The van der Waals surface area contributed by atoms with Crippen LogP contribution in [0, 0.1) is 0 Å². The van der Waals surface area contributed by atoms with E-state index in [9.17, 15) is 21.6 Å². The van der Waals surface area contributed by atoms with Gasteiger partial charge in [0.25, 0.3) is 0 Å². The van der Waals surface area contributed by atoms with E-state index in [1.54, 1.807) is 0 Å². The number of rotatable bonds is 3. The molecule has 1 rings (SSSR count). The molecule has 0 aromatic carbocycles. The summed E-state index contributed by atoms with van der Waals surface area (Å²) in [5.74, 6) is 0. The van der Waals surface area contributed by atoms with Crippen LogP contribution < -0.4 is 0 Å². The van der Waals surface area contributed by atoms with E-state index in [0.717, 1.165) is 6.07 Å². The Bertz CT molecular complexity index is 437. The lowest BCUT2D eigenvalue weighted by atomic mass is 10.7. The van der Waals surface area contributed by atoms with Crippen LogP contribution in [0.1, 0.15) is 0 Å². The maximum atomic E-state index is 11.7. The predicted octanol–water partition coefficient (Wildman–Crippen LogP) is 2.67. The molecule has 0 bridgehead atoms. The fraction of sp³-hybridized carbons (Fsp3) is 0.333. The summed E-state index contributed by atoms with van der Waals surface area (Å²) in [5, 5.41) is 0. The van der Waals surface area contributed by atoms with Crippen LogP contribution >= 0.6 is 22.9 Å². The topological polar surface area (TPSA) is 43.4 Å². The summed E-state index contributed by atoms with van der Waals surface area (Å²) in [5.41, 5.74) is 0. The largest absolute Gasteiger partial charge is 0.413 e. The van der Waals surface area contributed by atoms with Crippen LogP contribution in [-0.2, 0) is 14.3 Å². The van der Waals surface area contributed by atoms with E-state index in [-0.39, 0.29) is 8.55 Å². The Kier molecular flexibility index (Phi) is 3.64. The molecule has 86 valence electrons. The van der Waals surface area contributed by atoms with E-state index in [4.69, 9.17) is 11.6 Å². The number of thiophene rings is 1. The smallest absolute Gasteiger partial charge is 0.256 e. The first kappa shape index (κ1) is 12.8. The molecule has 0 N–H and O–H groups in total. The van der Waals surface area contributed by atoms with Crippen LogP contribution in [0.25, 0.3) is 0 Å². The Labute approximate surface area is 92.5 Å². The highest BCUT2D eigenvalue weighted by Gasteiger charge is 2.32. The van der Waals surface area contributed by atoms with Crippen LogP contribution in [-0.4, -0.2) is 21.2 Å².